The molecule has 0 radical (unpaired) electrons. The summed E-state index contributed by atoms with van der Waals surface area (Å²) in [4.78, 5) is 19.8. The lowest BCUT2D eigenvalue weighted by atomic mass is 10.2. The average Bonchev–Trinajstić information content (AvgIpc) is 4.10. The van der Waals surface area contributed by atoms with Crippen LogP contribution in [0.4, 0.5) is 56.0 Å². The third kappa shape index (κ3) is 15.6. The summed E-state index contributed by atoms with van der Waals surface area (Å²) in [6.07, 6.45) is 0. The Balaban J connectivity index is 0.00000109. The fourth-order valence-corrected chi connectivity index (χ4v) is 12.0. The number of rotatable bonds is 20. The number of azo groups is 2. The van der Waals surface area contributed by atoms with Crippen LogP contribution in [0.3, 0.4) is 0 Å². The molecule has 0 aliphatic carbocycles. The van der Waals surface area contributed by atoms with Gasteiger partial charge in [0.05, 0.1) is 63.5 Å². The fourth-order valence-electron chi connectivity index (χ4n) is 6.22. The summed E-state index contributed by atoms with van der Waals surface area (Å²) in [5.74, 6) is 0.703. The number of nitrogens with zero attached hydrogens (tertiary/aromatic N) is 11. The van der Waals surface area contributed by atoms with Crippen molar-refractivity contribution in [2.24, 2.45) is 20.5 Å². The van der Waals surface area contributed by atoms with E-state index in [-0.39, 0.29) is 22.8 Å². The molecule has 0 fully saturated rings. The zero-order valence-corrected chi connectivity index (χ0v) is 45.7. The molecule has 3 N–H and O–H groups in total. The second-order valence-corrected chi connectivity index (χ2v) is 20.9. The zero-order chi connectivity index (χ0) is 52.0. The highest BCUT2D eigenvalue weighted by molar-refractivity contribution is 8.00. The van der Waals surface area contributed by atoms with E-state index in [0.29, 0.717) is 91.2 Å². The van der Waals surface area contributed by atoms with E-state index >= 15 is 0 Å². The largest absolute Gasteiger partial charge is 0.494 e. The maximum Gasteiger partial charge on any atom is 0.425 e. The van der Waals surface area contributed by atoms with Gasteiger partial charge >= 0.3 is 21.2 Å². The van der Waals surface area contributed by atoms with Gasteiger partial charge in [-0.2, -0.15) is 32.1 Å². The SMILES string of the molecule is CCN(CC)c1cc(Nc2nc(Nc3cc(N(CC)CC)c(OC)cc3N=Nc3snc4scc(Cl)c34)nc(SCCS(=O)(=O)O)n2)c(N=Nc2snc3scc(Cl)c23)cc1OC.O=S(=O)=O.O=S(=O)=O. The van der Waals surface area contributed by atoms with E-state index in [0.717, 1.165) is 32.8 Å². The summed E-state index contributed by atoms with van der Waals surface area (Å²) in [5.41, 5.74) is 3.26. The minimum absolute atomic E-state index is 0.0487. The number of anilines is 6. The van der Waals surface area contributed by atoms with E-state index in [1.165, 1.54) is 45.7 Å². The number of hydrogen-bond donors (Lipinski definition) is 3. The fraction of sp³-hybridized carbons (Fsp3) is 0.324. The van der Waals surface area contributed by atoms with Crippen LogP contribution in [0.5, 0.6) is 11.5 Å². The molecule has 2 aromatic carbocycles. The molecule has 0 bridgehead atoms. The van der Waals surface area contributed by atoms with Crippen molar-refractivity contribution >= 4 is 188 Å². The lowest BCUT2D eigenvalue weighted by molar-refractivity contribution is 0.414. The predicted molar refractivity (Wildman–Crippen MR) is 279 cm³/mol. The van der Waals surface area contributed by atoms with Crippen molar-refractivity contribution in [2.75, 3.05) is 72.3 Å². The molecular formula is C37H39Cl2N13O11S8. The predicted octanol–water partition coefficient (Wildman–Crippen LogP) is 10.5. The lowest BCUT2D eigenvalue weighted by Gasteiger charge is -2.25. The first kappa shape index (κ1) is 56.6. The first-order chi connectivity index (χ1) is 33.8. The molecule has 0 amide bonds. The summed E-state index contributed by atoms with van der Waals surface area (Å²) in [6.45, 7) is 10.9. The van der Waals surface area contributed by atoms with Crippen LogP contribution in [0.2, 0.25) is 10.0 Å². The topological polar surface area (TPSA) is 320 Å². The molecule has 0 saturated heterocycles. The molecular weight excluding hydrogens is 1130 g/mol. The minimum Gasteiger partial charge on any atom is -0.494 e. The summed E-state index contributed by atoms with van der Waals surface area (Å²) in [5, 5.41) is 32.4. The van der Waals surface area contributed by atoms with Gasteiger partial charge in [0, 0.05) is 54.8 Å². The van der Waals surface area contributed by atoms with Gasteiger partial charge in [-0.3, -0.25) is 4.55 Å². The molecule has 71 heavy (non-hydrogen) atoms. The molecule has 7 rings (SSSR count). The molecule has 0 spiro atoms. The number of fused-ring (bicyclic) bond motifs is 2. The maximum atomic E-state index is 11.7. The highest BCUT2D eigenvalue weighted by Gasteiger charge is 2.21. The monoisotopic (exact) mass is 1170 g/mol. The number of methoxy groups -OCH3 is 2. The first-order valence-corrected chi connectivity index (χ1v) is 28.7. The smallest absolute Gasteiger partial charge is 0.425 e. The Kier molecular flexibility index (Phi) is 21.1. The van der Waals surface area contributed by atoms with Gasteiger partial charge in [0.15, 0.2) is 15.2 Å². The van der Waals surface area contributed by atoms with Crippen molar-refractivity contribution in [2.45, 2.75) is 32.9 Å². The second kappa shape index (κ2) is 26.4. The Labute approximate surface area is 438 Å². The number of ether oxygens (including phenoxy) is 2. The molecule has 24 nitrogen and oxygen atoms in total. The Morgan fingerprint density at radius 3 is 1.42 bits per heavy atom. The molecule has 0 aliphatic heterocycles. The van der Waals surface area contributed by atoms with Gasteiger partial charge in [-0.05, 0) is 62.9 Å². The van der Waals surface area contributed by atoms with Crippen molar-refractivity contribution in [1.82, 2.24) is 23.7 Å². The van der Waals surface area contributed by atoms with Gasteiger partial charge < -0.3 is 29.9 Å². The molecule has 34 heteroatoms. The Hall–Kier alpha value is -5.29. The zero-order valence-electron chi connectivity index (χ0n) is 37.7. The van der Waals surface area contributed by atoms with Crippen molar-refractivity contribution in [3.05, 3.63) is 45.1 Å². The highest BCUT2D eigenvalue weighted by Crippen LogP contribution is 2.46. The van der Waals surface area contributed by atoms with E-state index in [9.17, 15) is 13.0 Å². The number of thiophene rings is 2. The summed E-state index contributed by atoms with van der Waals surface area (Å²) in [7, 11) is -7.32. The van der Waals surface area contributed by atoms with Crippen LogP contribution < -0.4 is 29.9 Å². The van der Waals surface area contributed by atoms with Crippen LogP contribution in [-0.2, 0) is 31.3 Å². The molecule has 7 aromatic rings. The van der Waals surface area contributed by atoms with Crippen molar-refractivity contribution in [3.63, 3.8) is 0 Å². The molecule has 0 atom stereocenters. The Bertz CT molecular complexity index is 3190. The third-order valence-corrected chi connectivity index (χ3v) is 15.4. The Morgan fingerprint density at radius 2 is 1.07 bits per heavy atom. The van der Waals surface area contributed by atoms with Crippen LogP contribution in [0.25, 0.3) is 20.4 Å². The van der Waals surface area contributed by atoms with Gasteiger partial charge in [-0.15, -0.1) is 68.4 Å². The number of hydrogen-bond acceptors (Lipinski definition) is 28. The van der Waals surface area contributed by atoms with Gasteiger partial charge in [-0.25, -0.2) is 0 Å². The highest BCUT2D eigenvalue weighted by atomic mass is 35.5. The van der Waals surface area contributed by atoms with E-state index < -0.39 is 37.1 Å². The lowest BCUT2D eigenvalue weighted by Crippen LogP contribution is -2.22. The normalized spacial score (nSPS) is 11.3. The number of benzene rings is 2. The molecule has 5 heterocycles. The molecule has 0 aliphatic rings. The van der Waals surface area contributed by atoms with Crippen molar-refractivity contribution in [1.29, 1.82) is 0 Å². The van der Waals surface area contributed by atoms with Crippen molar-refractivity contribution in [3.8, 4) is 11.5 Å². The van der Waals surface area contributed by atoms with E-state index in [2.05, 4.69) is 59.6 Å². The molecule has 380 valence electrons. The number of nitrogens with one attached hydrogen (secondary N) is 2. The summed E-state index contributed by atoms with van der Waals surface area (Å²) < 4.78 is 104. The van der Waals surface area contributed by atoms with Gasteiger partial charge in [-0.1, -0.05) is 35.0 Å². The average molecular weight is 1170 g/mol. The summed E-state index contributed by atoms with van der Waals surface area (Å²) in [6, 6.07) is 7.27. The quantitative estimate of drug-likeness (QED) is 0.0363. The number of thioether (sulfide) groups is 1. The Morgan fingerprint density at radius 1 is 0.676 bits per heavy atom. The first-order valence-electron chi connectivity index (χ1n) is 20.1. The van der Waals surface area contributed by atoms with E-state index in [4.69, 9.17) is 62.9 Å². The molecule has 5 aromatic heterocycles. The van der Waals surface area contributed by atoms with Crippen LogP contribution in [0.15, 0.2) is 60.6 Å². The standard InChI is InChI=1S/C37H39Cl2N13O5S6.2O3S/c1-7-51(8-2)25-13-21(23(15-27(25)56-5)45-47-31-29-19(38)17-59-33(29)49-61-31)40-35-42-36(44-37(43-35)58-11-12-63(53,54)55)41-22-14-26(52(9-3)10-4)28(57-6)16-24(22)46-48-32-30-20(39)18-60-34(30)50-62-32;2*1-4(2)3/h13-18H,7-12H2,1-6H3,(H,53,54,55)(H2,40,41,42,43,44);;. The van der Waals surface area contributed by atoms with E-state index in [1.807, 2.05) is 39.8 Å². The van der Waals surface area contributed by atoms with E-state index in [1.54, 1.807) is 37.1 Å². The van der Waals surface area contributed by atoms with Crippen LogP contribution in [-0.4, -0.2) is 114 Å². The van der Waals surface area contributed by atoms with Gasteiger partial charge in [0.25, 0.3) is 10.1 Å². The maximum absolute atomic E-state index is 11.7. The van der Waals surface area contributed by atoms with Crippen LogP contribution >= 0.6 is 80.7 Å². The summed E-state index contributed by atoms with van der Waals surface area (Å²) >= 11 is 19.2. The van der Waals surface area contributed by atoms with Crippen molar-refractivity contribution < 1.29 is 47.7 Å². The second-order valence-electron chi connectivity index (χ2n) is 13.4. The molecule has 0 saturated carbocycles. The third-order valence-electron chi connectivity index (χ3n) is 9.29. The van der Waals surface area contributed by atoms with Gasteiger partial charge in [0.1, 0.15) is 32.5 Å². The van der Waals surface area contributed by atoms with Crippen LogP contribution in [0.1, 0.15) is 27.7 Å². The number of halogens is 2. The number of aromatic nitrogens is 5. The van der Waals surface area contributed by atoms with Gasteiger partial charge in [0.2, 0.25) is 11.9 Å². The minimum atomic E-state index is -4.27. The van der Waals surface area contributed by atoms with Crippen LogP contribution in [0, 0.1) is 0 Å². The molecule has 0 unspecified atom stereocenters.